The average Bonchev–Trinajstić information content (AvgIpc) is 3.19. The van der Waals surface area contributed by atoms with Crippen molar-refractivity contribution < 1.29 is 9.59 Å². The molecule has 1 fully saturated rings. The Labute approximate surface area is 114 Å². The molecule has 0 bridgehead atoms. The smallest absolute Gasteiger partial charge is 0.213 e. The van der Waals surface area contributed by atoms with Gasteiger partial charge in [-0.25, -0.2) is 0 Å². The Morgan fingerprint density at radius 1 is 1.44 bits per heavy atom. The highest BCUT2D eigenvalue weighted by Crippen LogP contribution is 2.31. The Morgan fingerprint density at radius 3 is 2.61 bits per heavy atom. The van der Waals surface area contributed by atoms with E-state index in [1.165, 1.54) is 19.3 Å². The first-order valence-corrected chi connectivity index (χ1v) is 7.68. The predicted molar refractivity (Wildman–Crippen MR) is 76.7 cm³/mol. The number of carbonyl (C=O) groups is 2. The molecule has 0 aromatic carbocycles. The molecule has 0 saturated carbocycles. The summed E-state index contributed by atoms with van der Waals surface area (Å²) < 4.78 is 0. The molecule has 1 saturated heterocycles. The zero-order chi connectivity index (χ0) is 13.4. The van der Waals surface area contributed by atoms with Crippen molar-refractivity contribution in [3.8, 4) is 0 Å². The van der Waals surface area contributed by atoms with Gasteiger partial charge in [-0.1, -0.05) is 38.3 Å². The van der Waals surface area contributed by atoms with E-state index in [-0.39, 0.29) is 22.4 Å². The molecule has 0 spiro atoms. The summed E-state index contributed by atoms with van der Waals surface area (Å²) in [6.07, 6.45) is 10.5. The molecule has 3 atom stereocenters. The number of carbonyl (C=O) groups excluding carboxylic acids is 2. The standard InChI is InChI=1S/C11H19NO2S.C3H4/c1-3-4-5-6-10-11(9(14)7-13)12-8(2)15-10;1-2-3-1/h7-8,10-12H,3-6H2,1-2H3;1-2H,3H2. The van der Waals surface area contributed by atoms with E-state index in [0.717, 1.165) is 12.8 Å². The number of thioether (sulfide) groups is 1. The SMILES string of the molecule is C1=CC1.CCCCCC1SC(C)NC1C(=O)C=O. The minimum atomic E-state index is -0.298. The van der Waals surface area contributed by atoms with Gasteiger partial charge in [0, 0.05) is 5.25 Å². The van der Waals surface area contributed by atoms with Crippen LogP contribution in [0.25, 0.3) is 0 Å². The predicted octanol–water partition coefficient (Wildman–Crippen LogP) is 2.70. The minimum absolute atomic E-state index is 0.251. The van der Waals surface area contributed by atoms with Gasteiger partial charge in [-0.3, -0.25) is 14.9 Å². The van der Waals surface area contributed by atoms with E-state index in [1.54, 1.807) is 11.8 Å². The van der Waals surface area contributed by atoms with E-state index in [1.807, 2.05) is 6.92 Å². The van der Waals surface area contributed by atoms with Gasteiger partial charge < -0.3 is 0 Å². The fourth-order valence-electron chi connectivity index (χ4n) is 1.91. The van der Waals surface area contributed by atoms with Gasteiger partial charge in [0.2, 0.25) is 5.78 Å². The van der Waals surface area contributed by atoms with Crippen LogP contribution in [0.1, 0.15) is 46.0 Å². The summed E-state index contributed by atoms with van der Waals surface area (Å²) in [6.45, 7) is 4.20. The van der Waals surface area contributed by atoms with Crippen molar-refractivity contribution in [2.75, 3.05) is 0 Å². The molecule has 0 amide bonds. The number of nitrogens with one attached hydrogen (secondary N) is 1. The molecule has 3 unspecified atom stereocenters. The lowest BCUT2D eigenvalue weighted by molar-refractivity contribution is -0.131. The van der Waals surface area contributed by atoms with Crippen LogP contribution < -0.4 is 5.32 Å². The molecule has 102 valence electrons. The van der Waals surface area contributed by atoms with E-state index in [2.05, 4.69) is 24.4 Å². The van der Waals surface area contributed by atoms with E-state index >= 15 is 0 Å². The molecule has 1 heterocycles. The maximum Gasteiger partial charge on any atom is 0.213 e. The quantitative estimate of drug-likeness (QED) is 0.348. The Kier molecular flexibility index (Phi) is 7.28. The molecule has 18 heavy (non-hydrogen) atoms. The van der Waals surface area contributed by atoms with Gasteiger partial charge in [0.15, 0.2) is 6.29 Å². The third-order valence-corrected chi connectivity index (χ3v) is 4.32. The van der Waals surface area contributed by atoms with Crippen molar-refractivity contribution in [3.05, 3.63) is 12.2 Å². The second kappa shape index (κ2) is 8.48. The van der Waals surface area contributed by atoms with E-state index in [0.29, 0.717) is 6.29 Å². The van der Waals surface area contributed by atoms with Crippen molar-refractivity contribution in [2.45, 2.75) is 62.6 Å². The summed E-state index contributed by atoms with van der Waals surface area (Å²) in [6, 6.07) is -0.251. The monoisotopic (exact) mass is 269 g/mol. The first-order valence-electron chi connectivity index (χ1n) is 6.74. The van der Waals surface area contributed by atoms with Gasteiger partial charge in [-0.2, -0.15) is 0 Å². The Balaban J connectivity index is 0.000000468. The maximum absolute atomic E-state index is 11.4. The summed E-state index contributed by atoms with van der Waals surface area (Å²) >= 11 is 1.78. The fourth-order valence-corrected chi connectivity index (χ4v) is 3.33. The molecule has 0 aromatic heterocycles. The zero-order valence-corrected chi connectivity index (χ0v) is 12.0. The van der Waals surface area contributed by atoms with Gasteiger partial charge in [-0.15, -0.1) is 11.8 Å². The van der Waals surface area contributed by atoms with Gasteiger partial charge >= 0.3 is 0 Å². The lowest BCUT2D eigenvalue weighted by Gasteiger charge is -2.14. The molecule has 1 N–H and O–H groups in total. The topological polar surface area (TPSA) is 46.2 Å². The van der Waals surface area contributed by atoms with Crippen molar-refractivity contribution in [1.82, 2.24) is 5.32 Å². The third kappa shape index (κ3) is 5.83. The summed E-state index contributed by atoms with van der Waals surface area (Å²) in [5.74, 6) is -0.298. The zero-order valence-electron chi connectivity index (χ0n) is 11.2. The highest BCUT2D eigenvalue weighted by atomic mass is 32.2. The van der Waals surface area contributed by atoms with Crippen LogP contribution in [0, 0.1) is 0 Å². The van der Waals surface area contributed by atoms with Crippen LogP contribution in [-0.4, -0.2) is 28.7 Å². The fraction of sp³-hybridized carbons (Fsp3) is 0.714. The molecule has 1 aliphatic carbocycles. The molecule has 4 heteroatoms. The average molecular weight is 269 g/mol. The van der Waals surface area contributed by atoms with Crippen LogP contribution in [0.3, 0.4) is 0 Å². The molecule has 3 nitrogen and oxygen atoms in total. The summed E-state index contributed by atoms with van der Waals surface area (Å²) in [4.78, 5) is 21.8. The van der Waals surface area contributed by atoms with Crippen LogP contribution in [0.15, 0.2) is 12.2 Å². The molecule has 0 radical (unpaired) electrons. The van der Waals surface area contributed by atoms with Crippen molar-refractivity contribution in [1.29, 1.82) is 0 Å². The van der Waals surface area contributed by atoms with Crippen LogP contribution in [0.4, 0.5) is 0 Å². The van der Waals surface area contributed by atoms with Gasteiger partial charge in [0.1, 0.15) is 0 Å². The first kappa shape index (κ1) is 15.4. The van der Waals surface area contributed by atoms with E-state index < -0.39 is 0 Å². The van der Waals surface area contributed by atoms with Gasteiger partial charge in [-0.05, 0) is 19.8 Å². The van der Waals surface area contributed by atoms with Crippen LogP contribution >= 0.6 is 11.8 Å². The van der Waals surface area contributed by atoms with Crippen molar-refractivity contribution >= 4 is 23.8 Å². The van der Waals surface area contributed by atoms with Crippen molar-refractivity contribution in [3.63, 3.8) is 0 Å². The number of unbranched alkanes of at least 4 members (excludes halogenated alkanes) is 2. The van der Waals surface area contributed by atoms with Gasteiger partial charge in [0.05, 0.1) is 11.4 Å². The third-order valence-electron chi connectivity index (χ3n) is 2.92. The first-order chi connectivity index (χ1) is 8.69. The normalized spacial score (nSPS) is 28.4. The number of hydrogen-bond donors (Lipinski definition) is 1. The van der Waals surface area contributed by atoms with Crippen LogP contribution in [0.2, 0.25) is 0 Å². The number of aldehydes is 1. The van der Waals surface area contributed by atoms with E-state index in [9.17, 15) is 9.59 Å². The molecular weight excluding hydrogens is 246 g/mol. The molecule has 0 aromatic rings. The largest absolute Gasteiger partial charge is 0.295 e. The molecule has 2 aliphatic rings. The van der Waals surface area contributed by atoms with E-state index in [4.69, 9.17) is 0 Å². The maximum atomic E-state index is 11.4. The summed E-state index contributed by atoms with van der Waals surface area (Å²) in [7, 11) is 0. The van der Waals surface area contributed by atoms with Gasteiger partial charge in [0.25, 0.3) is 0 Å². The van der Waals surface area contributed by atoms with Crippen LogP contribution in [-0.2, 0) is 9.59 Å². The lowest BCUT2D eigenvalue weighted by Crippen LogP contribution is -2.40. The van der Waals surface area contributed by atoms with Crippen molar-refractivity contribution in [2.24, 2.45) is 0 Å². The Hall–Kier alpha value is -0.610. The molecule has 2 rings (SSSR count). The number of ketones is 1. The highest BCUT2D eigenvalue weighted by Gasteiger charge is 2.35. The number of rotatable bonds is 6. The number of Topliss-reactive ketones (excluding diaryl/α,β-unsaturated/α-hetero) is 1. The Morgan fingerprint density at radius 2 is 2.11 bits per heavy atom. The lowest BCUT2D eigenvalue weighted by atomic mass is 10.0. The van der Waals surface area contributed by atoms with Crippen LogP contribution in [0.5, 0.6) is 0 Å². The minimum Gasteiger partial charge on any atom is -0.295 e. The molecular formula is C14H23NO2S. The number of hydrogen-bond acceptors (Lipinski definition) is 4. The Bertz CT molecular complexity index is 300. The highest BCUT2D eigenvalue weighted by molar-refractivity contribution is 8.00. The second-order valence-corrected chi connectivity index (χ2v) is 6.27. The summed E-state index contributed by atoms with van der Waals surface area (Å²) in [5.41, 5.74) is 0. The molecule has 1 aliphatic heterocycles. The number of allylic oxidation sites excluding steroid dienone is 2. The second-order valence-electron chi connectivity index (χ2n) is 4.68. The summed E-state index contributed by atoms with van der Waals surface area (Å²) in [5, 5.41) is 3.73.